The first-order chi connectivity index (χ1) is 44.0. The number of rotatable bonds is 68. The third-order valence-electron chi connectivity index (χ3n) is 17.4. The van der Waals surface area contributed by atoms with Gasteiger partial charge in [-0.15, -0.1) is 0 Å². The van der Waals surface area contributed by atoms with Crippen molar-refractivity contribution in [3.05, 3.63) is 48.6 Å². The predicted molar refractivity (Wildman–Crippen MR) is 396 cm³/mol. The fourth-order valence-electron chi connectivity index (χ4n) is 11.7. The van der Waals surface area contributed by atoms with E-state index < -0.39 is 22.2 Å². The van der Waals surface area contributed by atoms with Gasteiger partial charge in [0.2, 0.25) is 0 Å². The molecule has 0 aromatic rings. The van der Waals surface area contributed by atoms with E-state index in [4.69, 9.17) is 17.5 Å². The highest BCUT2D eigenvalue weighted by Gasteiger charge is 2.27. The Morgan fingerprint density at radius 3 is 0.538 bits per heavy atom. The number of hydrogen-bond acceptors (Lipinski definition) is 8. The number of Topliss-reactive ketones (excluding diaryl/α,β-unsaturated/α-hetero) is 4. The molecule has 536 valence electrons. The molecule has 0 heterocycles. The maximum atomic E-state index is 13.0. The minimum Gasteiger partial charge on any atom is -0.308 e. The molecule has 0 aliphatic heterocycles. The second-order valence-electron chi connectivity index (χ2n) is 27.3. The Balaban J connectivity index is -0.00000158. The molecule has 0 saturated carbocycles. The summed E-state index contributed by atoms with van der Waals surface area (Å²) in [7, 11) is 3.21. The maximum absolute atomic E-state index is 13.0. The average Bonchev–Trinajstić information content (AvgIpc) is 2.40. The van der Waals surface area contributed by atoms with Crippen LogP contribution in [0.4, 0.5) is 0 Å². The lowest BCUT2D eigenvalue weighted by molar-refractivity contribution is -0.135. The Labute approximate surface area is 566 Å². The summed E-state index contributed by atoms with van der Waals surface area (Å²) in [5, 5.41) is 0. The molecule has 91 heavy (non-hydrogen) atoms. The van der Waals surface area contributed by atoms with Gasteiger partial charge in [0.1, 0.15) is 23.1 Å². The van der Waals surface area contributed by atoms with Gasteiger partial charge in [-0.1, -0.05) is 282 Å². The van der Waals surface area contributed by atoms with E-state index in [0.717, 1.165) is 51.4 Å². The number of hydrogen-bond donors (Lipinski definition) is 2. The third-order valence-corrected chi connectivity index (χ3v) is 17.4. The Morgan fingerprint density at radius 2 is 0.396 bits per heavy atom. The van der Waals surface area contributed by atoms with Crippen LogP contribution in [0.5, 0.6) is 0 Å². The Bertz CT molecular complexity index is 1580. The average molecular weight is 1300 g/mol. The lowest BCUT2D eigenvalue weighted by Gasteiger charge is -2.19. The zero-order valence-electron chi connectivity index (χ0n) is 61.4. The summed E-state index contributed by atoms with van der Waals surface area (Å²) in [5.74, 6) is -0.173. The van der Waals surface area contributed by atoms with Crippen LogP contribution in [-0.4, -0.2) is 91.7 Å². The Hall–Kier alpha value is -2.57. The first kappa shape index (κ1) is 92.6. The van der Waals surface area contributed by atoms with Crippen molar-refractivity contribution < 1.29 is 36.7 Å². The highest BCUT2D eigenvalue weighted by Crippen LogP contribution is 2.20. The fraction of sp³-hybridized carbons (Fsp3) is 0.850. The lowest BCUT2D eigenvalue weighted by Crippen LogP contribution is -2.34. The van der Waals surface area contributed by atoms with Gasteiger partial charge in [-0.05, 0) is 157 Å². The molecule has 0 radical (unpaired) electrons. The standard InChI is InChI=1S/2C40H75NO2.H2O4S/c2*1-5-7-9-11-13-15-17-19-21-23-25-27-29-31-33-35-39(42)38(37-41(3)4)40(43)36-34-32-30-28-26-24-22-20-18-16-14-12-10-8-6-2;1-5(2,3)4/h2*19-22,38H,5-18,23-37H2,1-4H3;(H2,1,2,3,4)/b2*21-19-,22-20-;. The second kappa shape index (κ2) is 74.8. The van der Waals surface area contributed by atoms with Gasteiger partial charge >= 0.3 is 10.4 Å². The normalized spacial score (nSPS) is 12.0. The Kier molecular flexibility index (Phi) is 76.2. The number of ketones is 4. The molecule has 10 nitrogen and oxygen atoms in total. The summed E-state index contributed by atoms with van der Waals surface area (Å²) in [5.41, 5.74) is 0. The molecule has 0 saturated heterocycles. The van der Waals surface area contributed by atoms with Gasteiger partial charge in [0.25, 0.3) is 0 Å². The highest BCUT2D eigenvalue weighted by atomic mass is 32.3. The van der Waals surface area contributed by atoms with Gasteiger partial charge in [-0.2, -0.15) is 8.42 Å². The highest BCUT2D eigenvalue weighted by molar-refractivity contribution is 7.79. The van der Waals surface area contributed by atoms with Crippen molar-refractivity contribution in [1.82, 2.24) is 9.80 Å². The van der Waals surface area contributed by atoms with Gasteiger partial charge in [0.15, 0.2) is 0 Å². The molecule has 0 amide bonds. The van der Waals surface area contributed by atoms with Crippen LogP contribution in [0.2, 0.25) is 0 Å². The van der Waals surface area contributed by atoms with Crippen LogP contribution in [0.25, 0.3) is 0 Å². The molecule has 0 aliphatic rings. The van der Waals surface area contributed by atoms with Gasteiger partial charge in [-0.3, -0.25) is 28.3 Å². The summed E-state index contributed by atoms with van der Waals surface area (Å²) >= 11 is 0. The van der Waals surface area contributed by atoms with Crippen LogP contribution in [0.3, 0.4) is 0 Å². The van der Waals surface area contributed by atoms with Crippen molar-refractivity contribution >= 4 is 33.5 Å². The molecule has 0 bridgehead atoms. The molecule has 0 atom stereocenters. The van der Waals surface area contributed by atoms with Crippen molar-refractivity contribution in [3.63, 3.8) is 0 Å². The van der Waals surface area contributed by atoms with Crippen LogP contribution in [0.15, 0.2) is 48.6 Å². The molecular weight excluding hydrogens is 1150 g/mol. The number of nitrogens with zero attached hydrogens (tertiary/aromatic N) is 2. The molecule has 0 rings (SSSR count). The van der Waals surface area contributed by atoms with Crippen molar-refractivity contribution in [3.8, 4) is 0 Å². The Morgan fingerprint density at radius 1 is 0.264 bits per heavy atom. The minimum atomic E-state index is -4.67. The van der Waals surface area contributed by atoms with Crippen LogP contribution in [-0.2, 0) is 29.6 Å². The molecule has 11 heteroatoms. The quantitative estimate of drug-likeness (QED) is 0.0261. The van der Waals surface area contributed by atoms with E-state index in [1.807, 2.05) is 38.0 Å². The molecule has 0 spiro atoms. The van der Waals surface area contributed by atoms with Crippen molar-refractivity contribution in [2.75, 3.05) is 41.3 Å². The van der Waals surface area contributed by atoms with E-state index in [9.17, 15) is 19.2 Å². The summed E-state index contributed by atoms with van der Waals surface area (Å²) < 4.78 is 31.6. The molecule has 0 unspecified atom stereocenters. The van der Waals surface area contributed by atoms with E-state index in [2.05, 4.69) is 76.3 Å². The molecular formula is C80H152N2O8S. The van der Waals surface area contributed by atoms with Gasteiger partial charge in [0.05, 0.1) is 11.8 Å². The summed E-state index contributed by atoms with van der Waals surface area (Å²) in [4.78, 5) is 55.8. The van der Waals surface area contributed by atoms with Crippen LogP contribution in [0, 0.1) is 11.8 Å². The van der Waals surface area contributed by atoms with Crippen LogP contribution >= 0.6 is 0 Å². The van der Waals surface area contributed by atoms with Crippen LogP contribution < -0.4 is 0 Å². The molecule has 0 aromatic carbocycles. The van der Waals surface area contributed by atoms with E-state index in [1.165, 1.54) is 283 Å². The summed E-state index contributed by atoms with van der Waals surface area (Å²) in [6.45, 7) is 10.2. The minimum absolute atomic E-state index is 0.170. The largest absolute Gasteiger partial charge is 0.394 e. The summed E-state index contributed by atoms with van der Waals surface area (Å²) in [6.07, 6.45) is 86.6. The molecule has 0 fully saturated rings. The van der Waals surface area contributed by atoms with Crippen molar-refractivity contribution in [2.24, 2.45) is 11.8 Å². The van der Waals surface area contributed by atoms with Crippen molar-refractivity contribution in [2.45, 2.75) is 387 Å². The molecule has 0 aromatic heterocycles. The van der Waals surface area contributed by atoms with E-state index >= 15 is 0 Å². The fourth-order valence-corrected chi connectivity index (χ4v) is 11.7. The SMILES string of the molecule is CCCCCCCC/C=C\CCCCCCCC(=O)C(CN(C)C)C(=O)CCCCCCC/C=C\CCCCCCCC.CCCCCCCC/C=C\CCCCCCCC(=O)C(CN(C)C)C(=O)CCCCCCC/C=C\CCCCCCCC.O=S(=O)(O)O. The summed E-state index contributed by atoms with van der Waals surface area (Å²) in [6, 6.07) is 0. The first-order valence-electron chi connectivity index (χ1n) is 38.7. The zero-order valence-corrected chi connectivity index (χ0v) is 62.2. The number of carbonyl (C=O) groups is 4. The van der Waals surface area contributed by atoms with E-state index in [0.29, 0.717) is 38.8 Å². The smallest absolute Gasteiger partial charge is 0.308 e. The predicted octanol–water partition coefficient (Wildman–Crippen LogP) is 24.1. The van der Waals surface area contributed by atoms with Gasteiger partial charge in [-0.25, -0.2) is 0 Å². The third kappa shape index (κ3) is 79.8. The monoisotopic (exact) mass is 1300 g/mol. The number of unbranched alkanes of at least 4 members (excludes halogenated alkanes) is 44. The van der Waals surface area contributed by atoms with Crippen LogP contribution in [0.1, 0.15) is 387 Å². The maximum Gasteiger partial charge on any atom is 0.394 e. The van der Waals surface area contributed by atoms with Crippen molar-refractivity contribution in [1.29, 1.82) is 0 Å². The van der Waals surface area contributed by atoms with Gasteiger partial charge < -0.3 is 9.80 Å². The number of allylic oxidation sites excluding steroid dienone is 8. The topological polar surface area (TPSA) is 149 Å². The zero-order chi connectivity index (χ0) is 67.8. The lowest BCUT2D eigenvalue weighted by atomic mass is 9.91. The first-order valence-corrected chi connectivity index (χ1v) is 40.1. The molecule has 0 aliphatic carbocycles. The van der Waals surface area contributed by atoms with E-state index in [1.54, 1.807) is 0 Å². The van der Waals surface area contributed by atoms with E-state index in [-0.39, 0.29) is 23.1 Å². The van der Waals surface area contributed by atoms with Gasteiger partial charge in [0, 0.05) is 38.8 Å². The second-order valence-corrected chi connectivity index (χ2v) is 28.2. The molecule has 2 N–H and O–H groups in total. The number of carbonyl (C=O) groups excluding carboxylic acids is 4.